The Morgan fingerprint density at radius 3 is 2.79 bits per heavy atom. The third kappa shape index (κ3) is 3.98. The van der Waals surface area contributed by atoms with E-state index >= 15 is 0 Å². The van der Waals surface area contributed by atoms with Gasteiger partial charge in [-0.05, 0) is 13.0 Å². The number of ether oxygens (including phenoxy) is 1. The Kier molecular flexibility index (Phi) is 5.22. The van der Waals surface area contributed by atoms with Crippen LogP contribution in [0.4, 0.5) is 0 Å². The van der Waals surface area contributed by atoms with Gasteiger partial charge in [-0.3, -0.25) is 14.5 Å². The highest BCUT2D eigenvalue weighted by atomic mass is 16.5. The van der Waals surface area contributed by atoms with Crippen molar-refractivity contribution in [1.29, 1.82) is 0 Å². The Morgan fingerprint density at radius 1 is 1.33 bits per heavy atom. The second kappa shape index (κ2) is 7.55. The van der Waals surface area contributed by atoms with E-state index in [0.717, 1.165) is 38.2 Å². The number of nitrogens with zero attached hydrogens (tertiary/aromatic N) is 2. The minimum atomic E-state index is -0.240. The number of benzene rings is 1. The van der Waals surface area contributed by atoms with Crippen LogP contribution in [0.5, 0.6) is 0 Å². The average Bonchev–Trinajstić information content (AvgIpc) is 2.58. The predicted molar refractivity (Wildman–Crippen MR) is 90.9 cm³/mol. The van der Waals surface area contributed by atoms with E-state index in [0.29, 0.717) is 11.1 Å². The first-order valence-corrected chi connectivity index (χ1v) is 8.19. The van der Waals surface area contributed by atoms with Gasteiger partial charge in [-0.2, -0.15) is 5.10 Å². The molecular formula is C17H22N4O3. The van der Waals surface area contributed by atoms with Gasteiger partial charge in [-0.15, -0.1) is 0 Å². The van der Waals surface area contributed by atoms with Gasteiger partial charge >= 0.3 is 0 Å². The molecule has 1 saturated heterocycles. The number of H-pyrrole nitrogens is 1. The zero-order valence-corrected chi connectivity index (χ0v) is 13.7. The Labute approximate surface area is 140 Å². The molecule has 0 aliphatic carbocycles. The number of carbonyl (C=O) groups is 1. The topological polar surface area (TPSA) is 87.3 Å². The highest BCUT2D eigenvalue weighted by Gasteiger charge is 2.16. The Hall–Kier alpha value is -2.25. The zero-order valence-electron chi connectivity index (χ0n) is 13.7. The molecule has 1 aliphatic heterocycles. The first-order valence-electron chi connectivity index (χ1n) is 8.19. The first kappa shape index (κ1) is 16.6. The molecule has 2 aromatic rings. The molecule has 1 aliphatic rings. The minimum Gasteiger partial charge on any atom is -0.379 e. The molecule has 3 rings (SSSR count). The number of hydrogen-bond donors (Lipinski definition) is 2. The molecule has 0 saturated carbocycles. The van der Waals surface area contributed by atoms with Crippen molar-refractivity contribution in [3.05, 3.63) is 40.3 Å². The summed E-state index contributed by atoms with van der Waals surface area (Å²) in [5.41, 5.74) is 0.344. The number of aromatic amines is 1. The number of hydrogen-bond acceptors (Lipinski definition) is 5. The van der Waals surface area contributed by atoms with Crippen molar-refractivity contribution < 1.29 is 9.53 Å². The summed E-state index contributed by atoms with van der Waals surface area (Å²) < 4.78 is 5.33. The Morgan fingerprint density at radius 2 is 2.04 bits per heavy atom. The normalized spacial score (nSPS) is 16.9. The maximum atomic E-state index is 12.3. The molecule has 0 bridgehead atoms. The summed E-state index contributed by atoms with van der Waals surface area (Å²) in [7, 11) is 0. The van der Waals surface area contributed by atoms with E-state index < -0.39 is 0 Å². The van der Waals surface area contributed by atoms with Crippen LogP contribution >= 0.6 is 0 Å². The molecule has 24 heavy (non-hydrogen) atoms. The molecule has 0 radical (unpaired) electrons. The highest BCUT2D eigenvalue weighted by molar-refractivity contribution is 5.88. The van der Waals surface area contributed by atoms with Gasteiger partial charge in [0.15, 0.2) is 0 Å². The van der Waals surface area contributed by atoms with Crippen LogP contribution in [0, 0.1) is 0 Å². The van der Waals surface area contributed by atoms with Crippen LogP contribution in [-0.4, -0.2) is 59.9 Å². The standard InChI is InChI=1S/C17H22N4O3/c1-12(11-21-6-8-24-9-7-21)18-16(22)10-15-13-4-2-3-5-14(13)17(23)20-19-15/h2-5,12H,6-11H2,1H3,(H,18,22)(H,20,23). The van der Waals surface area contributed by atoms with Crippen LogP contribution in [0.2, 0.25) is 0 Å². The number of amides is 1. The van der Waals surface area contributed by atoms with Crippen molar-refractivity contribution >= 4 is 16.7 Å². The van der Waals surface area contributed by atoms with Crippen LogP contribution in [0.15, 0.2) is 29.1 Å². The molecule has 1 unspecified atom stereocenters. The number of rotatable bonds is 5. The quantitative estimate of drug-likeness (QED) is 0.823. The molecule has 1 atom stereocenters. The maximum absolute atomic E-state index is 12.3. The van der Waals surface area contributed by atoms with Crippen LogP contribution in [0.3, 0.4) is 0 Å². The number of carbonyl (C=O) groups excluding carboxylic acids is 1. The minimum absolute atomic E-state index is 0.0459. The van der Waals surface area contributed by atoms with E-state index in [1.54, 1.807) is 12.1 Å². The lowest BCUT2D eigenvalue weighted by Gasteiger charge is -2.29. The molecule has 1 aromatic heterocycles. The Balaban J connectivity index is 1.62. The summed E-state index contributed by atoms with van der Waals surface area (Å²) in [4.78, 5) is 26.4. The van der Waals surface area contributed by atoms with Crippen molar-refractivity contribution in [1.82, 2.24) is 20.4 Å². The maximum Gasteiger partial charge on any atom is 0.272 e. The molecule has 0 spiro atoms. The largest absolute Gasteiger partial charge is 0.379 e. The summed E-state index contributed by atoms with van der Waals surface area (Å²) >= 11 is 0. The van der Waals surface area contributed by atoms with Gasteiger partial charge in [0.25, 0.3) is 5.56 Å². The number of aromatic nitrogens is 2. The summed E-state index contributed by atoms with van der Waals surface area (Å²) in [6.07, 6.45) is 0.144. The van der Waals surface area contributed by atoms with Crippen molar-refractivity contribution in [2.45, 2.75) is 19.4 Å². The van der Waals surface area contributed by atoms with E-state index in [4.69, 9.17) is 4.74 Å². The van der Waals surface area contributed by atoms with Crippen molar-refractivity contribution in [3.8, 4) is 0 Å². The van der Waals surface area contributed by atoms with Crippen molar-refractivity contribution in [3.63, 3.8) is 0 Å². The fourth-order valence-electron chi connectivity index (χ4n) is 3.00. The number of morpholine rings is 1. The van der Waals surface area contributed by atoms with Gasteiger partial charge < -0.3 is 10.1 Å². The van der Waals surface area contributed by atoms with E-state index in [1.807, 2.05) is 19.1 Å². The first-order chi connectivity index (χ1) is 11.6. The molecule has 2 heterocycles. The molecule has 7 heteroatoms. The van der Waals surface area contributed by atoms with Crippen LogP contribution in [-0.2, 0) is 16.0 Å². The van der Waals surface area contributed by atoms with Crippen LogP contribution in [0.25, 0.3) is 10.8 Å². The van der Waals surface area contributed by atoms with Gasteiger partial charge in [0.1, 0.15) is 0 Å². The third-order valence-electron chi connectivity index (χ3n) is 4.15. The lowest BCUT2D eigenvalue weighted by atomic mass is 10.1. The van der Waals surface area contributed by atoms with Crippen molar-refractivity contribution in [2.24, 2.45) is 0 Å². The Bertz CT molecular complexity index is 768. The summed E-state index contributed by atoms with van der Waals surface area (Å²) in [6, 6.07) is 7.23. The summed E-state index contributed by atoms with van der Waals surface area (Å²) in [5.74, 6) is -0.0968. The number of nitrogens with one attached hydrogen (secondary N) is 2. The molecule has 2 N–H and O–H groups in total. The van der Waals surface area contributed by atoms with Crippen molar-refractivity contribution in [2.75, 3.05) is 32.8 Å². The molecular weight excluding hydrogens is 308 g/mol. The van der Waals surface area contributed by atoms with Crippen LogP contribution in [0.1, 0.15) is 12.6 Å². The van der Waals surface area contributed by atoms with Gasteiger partial charge in [0, 0.05) is 31.1 Å². The fourth-order valence-corrected chi connectivity index (χ4v) is 3.00. The molecule has 128 valence electrons. The van der Waals surface area contributed by atoms with Crippen LogP contribution < -0.4 is 10.9 Å². The van der Waals surface area contributed by atoms with Gasteiger partial charge in [0.05, 0.1) is 30.7 Å². The molecule has 7 nitrogen and oxygen atoms in total. The second-order valence-corrected chi connectivity index (χ2v) is 6.10. The third-order valence-corrected chi connectivity index (χ3v) is 4.15. The van der Waals surface area contributed by atoms with Gasteiger partial charge in [0.2, 0.25) is 5.91 Å². The molecule has 1 aromatic carbocycles. The van der Waals surface area contributed by atoms with E-state index in [2.05, 4.69) is 20.4 Å². The van der Waals surface area contributed by atoms with E-state index in [1.165, 1.54) is 0 Å². The van der Waals surface area contributed by atoms with E-state index in [9.17, 15) is 9.59 Å². The van der Waals surface area contributed by atoms with Gasteiger partial charge in [-0.25, -0.2) is 5.10 Å². The SMILES string of the molecule is CC(CN1CCOCC1)NC(=O)Cc1n[nH]c(=O)c2ccccc12. The highest BCUT2D eigenvalue weighted by Crippen LogP contribution is 2.12. The monoisotopic (exact) mass is 330 g/mol. The van der Waals surface area contributed by atoms with E-state index in [-0.39, 0.29) is 23.9 Å². The molecule has 1 fully saturated rings. The molecule has 1 amide bonds. The summed E-state index contributed by atoms with van der Waals surface area (Å²) in [6.45, 7) is 6.07. The zero-order chi connectivity index (χ0) is 16.9. The fraction of sp³-hybridized carbons (Fsp3) is 0.471. The number of fused-ring (bicyclic) bond motifs is 1. The smallest absolute Gasteiger partial charge is 0.272 e. The average molecular weight is 330 g/mol. The lowest BCUT2D eigenvalue weighted by Crippen LogP contribution is -2.46. The van der Waals surface area contributed by atoms with Gasteiger partial charge in [-0.1, -0.05) is 18.2 Å². The predicted octanol–water partition coefficient (Wildman–Crippen LogP) is 0.303. The lowest BCUT2D eigenvalue weighted by molar-refractivity contribution is -0.121. The summed E-state index contributed by atoms with van der Waals surface area (Å²) in [5, 5.41) is 10.8. The second-order valence-electron chi connectivity index (χ2n) is 6.10.